The summed E-state index contributed by atoms with van der Waals surface area (Å²) in [5, 5.41) is 3.26. The topological polar surface area (TPSA) is 12.9 Å². The summed E-state index contributed by atoms with van der Waals surface area (Å²) >= 11 is 7.26. The molecule has 0 aliphatic carbocycles. The Kier molecular flexibility index (Phi) is 3.16. The van der Waals surface area contributed by atoms with Crippen molar-refractivity contribution >= 4 is 22.9 Å². The largest absolute Gasteiger partial charge is 0.246 e. The first kappa shape index (κ1) is 8.02. The highest BCUT2D eigenvalue weighted by atomic mass is 35.5. The van der Waals surface area contributed by atoms with E-state index >= 15 is 0 Å². The van der Waals surface area contributed by atoms with Crippen molar-refractivity contribution in [2.45, 2.75) is 19.8 Å². The number of rotatable bonds is 3. The number of nitrogens with zero attached hydrogens (tertiary/aromatic N) is 1. The van der Waals surface area contributed by atoms with Crippen LogP contribution in [0.25, 0.3) is 0 Å². The molecule has 3 heteroatoms. The predicted octanol–water partition coefficient (Wildman–Crippen LogP) is 2.49. The van der Waals surface area contributed by atoms with Crippen molar-refractivity contribution in [3.63, 3.8) is 0 Å². The molecule has 56 valence electrons. The van der Waals surface area contributed by atoms with Crippen LogP contribution in [0.5, 0.6) is 0 Å². The van der Waals surface area contributed by atoms with E-state index in [1.807, 2.05) is 0 Å². The minimum Gasteiger partial charge on any atom is -0.246 e. The summed E-state index contributed by atoms with van der Waals surface area (Å²) in [6, 6.07) is 0. The quantitative estimate of drug-likeness (QED) is 0.644. The molecule has 0 aromatic carbocycles. The molecule has 1 aromatic rings. The summed E-state index contributed by atoms with van der Waals surface area (Å²) in [6.07, 6.45) is 1.94. The number of aromatic nitrogens is 1. The summed E-state index contributed by atoms with van der Waals surface area (Å²) in [5.74, 6) is 0.677. The van der Waals surface area contributed by atoms with Gasteiger partial charge in [0.25, 0.3) is 0 Å². The maximum Gasteiger partial charge on any atom is 0.0940 e. The van der Waals surface area contributed by atoms with Gasteiger partial charge in [0.15, 0.2) is 0 Å². The highest BCUT2D eigenvalue weighted by Crippen LogP contribution is 2.10. The van der Waals surface area contributed by atoms with E-state index in [0.29, 0.717) is 5.88 Å². The van der Waals surface area contributed by atoms with Crippen molar-refractivity contribution in [1.29, 1.82) is 0 Å². The van der Waals surface area contributed by atoms with E-state index in [9.17, 15) is 0 Å². The van der Waals surface area contributed by atoms with Crippen molar-refractivity contribution < 1.29 is 0 Å². The Labute approximate surface area is 70.1 Å². The first-order valence-corrected chi connectivity index (χ1v) is 4.77. The Morgan fingerprint density at radius 2 is 2.50 bits per heavy atom. The average Bonchev–Trinajstić information content (AvgIpc) is 2.37. The van der Waals surface area contributed by atoms with Crippen LogP contribution in [-0.2, 0) is 12.8 Å². The molecule has 0 unspecified atom stereocenters. The second-order valence-corrected chi connectivity index (χ2v) is 3.35. The summed E-state index contributed by atoms with van der Waals surface area (Å²) < 4.78 is 0. The van der Waals surface area contributed by atoms with Crippen molar-refractivity contribution in [3.05, 3.63) is 16.1 Å². The van der Waals surface area contributed by atoms with Gasteiger partial charge in [-0.15, -0.1) is 22.9 Å². The smallest absolute Gasteiger partial charge is 0.0940 e. The summed E-state index contributed by atoms with van der Waals surface area (Å²) in [4.78, 5) is 4.35. The lowest BCUT2D eigenvalue weighted by Gasteiger charge is -1.86. The molecule has 10 heavy (non-hydrogen) atoms. The monoisotopic (exact) mass is 175 g/mol. The molecular weight excluding hydrogens is 166 g/mol. The van der Waals surface area contributed by atoms with Crippen LogP contribution in [0.4, 0.5) is 0 Å². The van der Waals surface area contributed by atoms with Gasteiger partial charge in [-0.25, -0.2) is 4.98 Å². The van der Waals surface area contributed by atoms with Gasteiger partial charge < -0.3 is 0 Å². The van der Waals surface area contributed by atoms with Crippen molar-refractivity contribution in [2.75, 3.05) is 5.88 Å². The minimum absolute atomic E-state index is 0.677. The summed E-state index contributed by atoms with van der Waals surface area (Å²) in [7, 11) is 0. The van der Waals surface area contributed by atoms with Gasteiger partial charge >= 0.3 is 0 Å². The number of thiazole rings is 1. The normalized spacial score (nSPS) is 10.2. The summed E-state index contributed by atoms with van der Waals surface area (Å²) in [6.45, 7) is 2.11. The Bertz CT molecular complexity index is 197. The van der Waals surface area contributed by atoms with Gasteiger partial charge in [-0.1, -0.05) is 6.92 Å². The highest BCUT2D eigenvalue weighted by molar-refractivity contribution is 7.09. The zero-order valence-electron chi connectivity index (χ0n) is 5.93. The molecule has 0 bridgehead atoms. The molecule has 0 saturated carbocycles. The number of hydrogen-bond acceptors (Lipinski definition) is 2. The van der Waals surface area contributed by atoms with Crippen molar-refractivity contribution in [1.82, 2.24) is 4.98 Å². The molecule has 1 nitrogen and oxygen atoms in total. The number of aryl methyl sites for hydroxylation is 2. The highest BCUT2D eigenvalue weighted by Gasteiger charge is 1.97. The molecule has 0 atom stereocenters. The number of hydrogen-bond donors (Lipinski definition) is 0. The average molecular weight is 176 g/mol. The molecule has 0 radical (unpaired) electrons. The van der Waals surface area contributed by atoms with E-state index in [2.05, 4.69) is 17.3 Å². The molecule has 1 heterocycles. The molecule has 0 aliphatic rings. The standard InChI is InChI=1S/C7H10ClNS/c1-2-6-5-10-7(9-6)3-4-8/h5H,2-4H2,1H3. The lowest BCUT2D eigenvalue weighted by atomic mass is 10.4. The number of halogens is 1. The molecule has 0 saturated heterocycles. The van der Waals surface area contributed by atoms with Crippen LogP contribution in [0.1, 0.15) is 17.6 Å². The van der Waals surface area contributed by atoms with Gasteiger partial charge in [-0.3, -0.25) is 0 Å². The van der Waals surface area contributed by atoms with Crippen LogP contribution in [0.2, 0.25) is 0 Å². The van der Waals surface area contributed by atoms with E-state index in [0.717, 1.165) is 17.8 Å². The third kappa shape index (κ3) is 1.96. The van der Waals surface area contributed by atoms with Gasteiger partial charge in [-0.2, -0.15) is 0 Å². The van der Waals surface area contributed by atoms with Gasteiger partial charge in [-0.05, 0) is 6.42 Å². The Morgan fingerprint density at radius 1 is 1.70 bits per heavy atom. The van der Waals surface area contributed by atoms with Gasteiger partial charge in [0.2, 0.25) is 0 Å². The zero-order valence-corrected chi connectivity index (χ0v) is 7.50. The molecule has 1 aromatic heterocycles. The van der Waals surface area contributed by atoms with Crippen LogP contribution in [-0.4, -0.2) is 10.9 Å². The summed E-state index contributed by atoms with van der Waals surface area (Å²) in [5.41, 5.74) is 1.19. The van der Waals surface area contributed by atoms with E-state index in [4.69, 9.17) is 11.6 Å². The lowest BCUT2D eigenvalue weighted by molar-refractivity contribution is 1.01. The van der Waals surface area contributed by atoms with E-state index in [1.54, 1.807) is 11.3 Å². The molecule has 0 amide bonds. The van der Waals surface area contributed by atoms with Crippen molar-refractivity contribution in [3.8, 4) is 0 Å². The molecule has 0 N–H and O–H groups in total. The Balaban J connectivity index is 2.59. The maximum absolute atomic E-state index is 5.56. The fourth-order valence-corrected chi connectivity index (χ4v) is 1.88. The second kappa shape index (κ2) is 3.94. The maximum atomic E-state index is 5.56. The van der Waals surface area contributed by atoms with Crippen LogP contribution in [0.15, 0.2) is 5.38 Å². The Hall–Kier alpha value is -0.0800. The van der Waals surface area contributed by atoms with Gasteiger partial charge in [0.05, 0.1) is 10.7 Å². The van der Waals surface area contributed by atoms with Crippen LogP contribution < -0.4 is 0 Å². The zero-order chi connectivity index (χ0) is 7.40. The van der Waals surface area contributed by atoms with Crippen LogP contribution >= 0.6 is 22.9 Å². The lowest BCUT2D eigenvalue weighted by Crippen LogP contribution is -1.85. The fourth-order valence-electron chi connectivity index (χ4n) is 0.707. The molecular formula is C7H10ClNS. The van der Waals surface area contributed by atoms with E-state index < -0.39 is 0 Å². The van der Waals surface area contributed by atoms with E-state index in [1.165, 1.54) is 5.69 Å². The third-order valence-electron chi connectivity index (χ3n) is 1.27. The van der Waals surface area contributed by atoms with Gasteiger partial charge in [0.1, 0.15) is 0 Å². The van der Waals surface area contributed by atoms with Crippen molar-refractivity contribution in [2.24, 2.45) is 0 Å². The first-order chi connectivity index (χ1) is 4.86. The second-order valence-electron chi connectivity index (χ2n) is 2.03. The van der Waals surface area contributed by atoms with Crippen LogP contribution in [0, 0.1) is 0 Å². The number of alkyl halides is 1. The molecule has 0 fully saturated rings. The predicted molar refractivity (Wildman–Crippen MR) is 45.9 cm³/mol. The molecule has 0 spiro atoms. The third-order valence-corrected chi connectivity index (χ3v) is 2.42. The first-order valence-electron chi connectivity index (χ1n) is 3.36. The molecule has 1 rings (SSSR count). The Morgan fingerprint density at radius 3 is 3.00 bits per heavy atom. The van der Waals surface area contributed by atoms with Crippen LogP contribution in [0.3, 0.4) is 0 Å². The molecule has 0 aliphatic heterocycles. The minimum atomic E-state index is 0.677. The fraction of sp³-hybridized carbons (Fsp3) is 0.571. The van der Waals surface area contributed by atoms with E-state index in [-0.39, 0.29) is 0 Å². The SMILES string of the molecule is CCc1csc(CCCl)n1. The van der Waals surface area contributed by atoms with Gasteiger partial charge in [0, 0.05) is 17.7 Å².